The van der Waals surface area contributed by atoms with Gasteiger partial charge in [0.1, 0.15) is 16.4 Å². The van der Waals surface area contributed by atoms with Crippen LogP contribution < -0.4 is 10.0 Å². The summed E-state index contributed by atoms with van der Waals surface area (Å²) in [6, 6.07) is 4.11. The second-order valence-corrected chi connectivity index (χ2v) is 8.45. The fourth-order valence-corrected chi connectivity index (χ4v) is 4.36. The average molecular weight is 395 g/mol. The van der Waals surface area contributed by atoms with E-state index in [0.29, 0.717) is 36.4 Å². The molecule has 1 aliphatic heterocycles. The van der Waals surface area contributed by atoms with E-state index in [2.05, 4.69) is 10.0 Å². The van der Waals surface area contributed by atoms with E-state index >= 15 is 0 Å². The molecule has 1 fully saturated rings. The Balaban J connectivity index is 1.80. The van der Waals surface area contributed by atoms with Crippen LogP contribution in [0.2, 0.25) is 0 Å². The quantitative estimate of drug-likeness (QED) is 0.811. The second kappa shape index (κ2) is 7.41. The molecule has 0 aliphatic carbocycles. The highest BCUT2D eigenvalue weighted by Gasteiger charge is 2.26. The van der Waals surface area contributed by atoms with E-state index in [0.717, 1.165) is 0 Å². The Morgan fingerprint density at radius 1 is 1.26 bits per heavy atom. The van der Waals surface area contributed by atoms with Crippen LogP contribution in [-0.2, 0) is 21.8 Å². The van der Waals surface area contributed by atoms with Gasteiger partial charge in [0, 0.05) is 31.6 Å². The summed E-state index contributed by atoms with van der Waals surface area (Å²) in [4.78, 5) is 12.6. The van der Waals surface area contributed by atoms with Gasteiger partial charge in [-0.05, 0) is 49.6 Å². The third-order valence-corrected chi connectivity index (χ3v) is 5.96. The number of aromatic nitrogens is 1. The van der Waals surface area contributed by atoms with Gasteiger partial charge in [0.25, 0.3) is 5.91 Å². The van der Waals surface area contributed by atoms with Gasteiger partial charge < -0.3 is 14.6 Å². The summed E-state index contributed by atoms with van der Waals surface area (Å²) in [7, 11) is -2.16. The molecule has 2 heterocycles. The van der Waals surface area contributed by atoms with Gasteiger partial charge in [-0.25, -0.2) is 17.5 Å². The second-order valence-electron chi connectivity index (χ2n) is 6.73. The molecule has 2 aromatic rings. The molecule has 0 bridgehead atoms. The maximum atomic E-state index is 13.7. The smallest absolute Gasteiger partial charge is 0.272 e. The topological polar surface area (TPSA) is 89.4 Å². The number of ether oxygens (including phenoxy) is 1. The van der Waals surface area contributed by atoms with E-state index in [4.69, 9.17) is 4.74 Å². The normalized spacial score (nSPS) is 17.3. The first-order valence-corrected chi connectivity index (χ1v) is 10.0. The van der Waals surface area contributed by atoms with Gasteiger partial charge in [-0.2, -0.15) is 0 Å². The summed E-state index contributed by atoms with van der Waals surface area (Å²) < 4.78 is 48.0. The molecule has 1 aliphatic rings. The predicted octanol–water partition coefficient (Wildman–Crippen LogP) is 2.10. The molecule has 1 saturated heterocycles. The van der Waals surface area contributed by atoms with Crippen molar-refractivity contribution in [3.63, 3.8) is 0 Å². The van der Waals surface area contributed by atoms with Gasteiger partial charge >= 0.3 is 0 Å². The van der Waals surface area contributed by atoms with E-state index in [-0.39, 0.29) is 22.4 Å². The maximum Gasteiger partial charge on any atom is 0.272 e. The number of anilines is 1. The van der Waals surface area contributed by atoms with Crippen molar-refractivity contribution in [2.24, 2.45) is 7.05 Å². The number of aryl methyl sites for hydroxylation is 3. The monoisotopic (exact) mass is 395 g/mol. The minimum Gasteiger partial charge on any atom is -0.380 e. The highest BCUT2D eigenvalue weighted by atomic mass is 32.2. The van der Waals surface area contributed by atoms with E-state index < -0.39 is 15.9 Å². The summed E-state index contributed by atoms with van der Waals surface area (Å²) in [5.74, 6) is -0.796. The molecule has 3 rings (SSSR count). The minimum absolute atomic E-state index is 0.00789. The molecule has 0 radical (unpaired) electrons. The zero-order chi connectivity index (χ0) is 19.8. The number of amides is 1. The SMILES string of the molecule is Cc1cc(NC(=O)c2cc(S(=O)(=O)N[C@H]3CCOC3)cn2C)cc(C)c1F. The first kappa shape index (κ1) is 19.5. The molecule has 0 saturated carbocycles. The van der Waals surface area contributed by atoms with Crippen LogP contribution in [0.1, 0.15) is 28.0 Å². The zero-order valence-corrected chi connectivity index (χ0v) is 16.2. The number of nitrogens with one attached hydrogen (secondary N) is 2. The van der Waals surface area contributed by atoms with Crippen LogP contribution >= 0.6 is 0 Å². The Morgan fingerprint density at radius 2 is 1.93 bits per heavy atom. The van der Waals surface area contributed by atoms with Crippen LogP contribution in [0.3, 0.4) is 0 Å². The Bertz CT molecular complexity index is 955. The average Bonchev–Trinajstić information content (AvgIpc) is 3.21. The number of sulfonamides is 1. The molecule has 9 heteroatoms. The lowest BCUT2D eigenvalue weighted by Crippen LogP contribution is -2.34. The van der Waals surface area contributed by atoms with Crippen LogP contribution in [0.15, 0.2) is 29.3 Å². The lowest BCUT2D eigenvalue weighted by atomic mass is 10.1. The fourth-order valence-electron chi connectivity index (χ4n) is 3.04. The third kappa shape index (κ3) is 4.20. The molecule has 27 heavy (non-hydrogen) atoms. The number of hydrogen-bond acceptors (Lipinski definition) is 4. The van der Waals surface area contributed by atoms with Crippen LogP contribution in [0.4, 0.5) is 10.1 Å². The molecular weight excluding hydrogens is 373 g/mol. The number of rotatable bonds is 5. The molecule has 1 atom stereocenters. The number of halogens is 1. The fraction of sp³-hybridized carbons (Fsp3) is 0.389. The Hall–Kier alpha value is -2.23. The van der Waals surface area contributed by atoms with Crippen molar-refractivity contribution in [1.29, 1.82) is 0 Å². The van der Waals surface area contributed by atoms with Gasteiger partial charge in [0.2, 0.25) is 10.0 Å². The first-order chi connectivity index (χ1) is 12.7. The molecule has 1 amide bonds. The standard InChI is InChI=1S/C18H22FN3O4S/c1-11-6-14(7-12(2)17(11)19)20-18(23)16-8-15(9-22(16)3)27(24,25)21-13-4-5-26-10-13/h6-9,13,21H,4-5,10H2,1-3H3,(H,20,23)/t13-/m0/s1. The molecule has 1 aromatic carbocycles. The maximum absolute atomic E-state index is 13.7. The van der Waals surface area contributed by atoms with Crippen molar-refractivity contribution in [3.05, 3.63) is 47.0 Å². The Labute approximate surface area is 157 Å². The van der Waals surface area contributed by atoms with Crippen molar-refractivity contribution in [3.8, 4) is 0 Å². The third-order valence-electron chi connectivity index (χ3n) is 4.47. The van der Waals surface area contributed by atoms with Crippen LogP contribution in [0.25, 0.3) is 0 Å². The lowest BCUT2D eigenvalue weighted by Gasteiger charge is -2.09. The summed E-state index contributed by atoms with van der Waals surface area (Å²) in [6.07, 6.45) is 2.00. The first-order valence-electron chi connectivity index (χ1n) is 8.52. The summed E-state index contributed by atoms with van der Waals surface area (Å²) >= 11 is 0. The van der Waals surface area contributed by atoms with E-state index in [1.165, 1.54) is 29.0 Å². The van der Waals surface area contributed by atoms with E-state index in [9.17, 15) is 17.6 Å². The van der Waals surface area contributed by atoms with Crippen LogP contribution in [0, 0.1) is 19.7 Å². The highest BCUT2D eigenvalue weighted by molar-refractivity contribution is 7.89. The molecule has 146 valence electrons. The lowest BCUT2D eigenvalue weighted by molar-refractivity contribution is 0.101. The van der Waals surface area contributed by atoms with Gasteiger partial charge in [-0.1, -0.05) is 0 Å². The van der Waals surface area contributed by atoms with Crippen molar-refractivity contribution >= 4 is 21.6 Å². The molecular formula is C18H22FN3O4S. The summed E-state index contributed by atoms with van der Waals surface area (Å²) in [6.45, 7) is 4.09. The Kier molecular flexibility index (Phi) is 5.36. The molecule has 0 unspecified atom stereocenters. The molecule has 0 spiro atoms. The molecule has 2 N–H and O–H groups in total. The number of carbonyl (C=O) groups excluding carboxylic acids is 1. The number of benzene rings is 1. The van der Waals surface area contributed by atoms with E-state index in [1.807, 2.05) is 0 Å². The predicted molar refractivity (Wildman–Crippen MR) is 98.8 cm³/mol. The summed E-state index contributed by atoms with van der Waals surface area (Å²) in [5.41, 5.74) is 1.47. The Morgan fingerprint density at radius 3 is 2.52 bits per heavy atom. The molecule has 7 nitrogen and oxygen atoms in total. The van der Waals surface area contributed by atoms with Crippen LogP contribution in [-0.4, -0.2) is 38.1 Å². The van der Waals surface area contributed by atoms with Gasteiger partial charge in [-0.15, -0.1) is 0 Å². The zero-order valence-electron chi connectivity index (χ0n) is 15.4. The minimum atomic E-state index is -3.75. The van der Waals surface area contributed by atoms with Crippen LogP contribution in [0.5, 0.6) is 0 Å². The highest BCUT2D eigenvalue weighted by Crippen LogP contribution is 2.21. The van der Waals surface area contributed by atoms with Crippen molar-refractivity contribution in [1.82, 2.24) is 9.29 Å². The van der Waals surface area contributed by atoms with Gasteiger partial charge in [0.15, 0.2) is 0 Å². The number of hydrogen-bond donors (Lipinski definition) is 2. The van der Waals surface area contributed by atoms with Gasteiger partial charge in [-0.3, -0.25) is 4.79 Å². The number of carbonyl (C=O) groups is 1. The largest absolute Gasteiger partial charge is 0.380 e. The van der Waals surface area contributed by atoms with E-state index in [1.54, 1.807) is 20.9 Å². The summed E-state index contributed by atoms with van der Waals surface area (Å²) in [5, 5.41) is 2.68. The van der Waals surface area contributed by atoms with Crippen molar-refractivity contribution < 1.29 is 22.3 Å². The van der Waals surface area contributed by atoms with Crippen molar-refractivity contribution in [2.75, 3.05) is 18.5 Å². The van der Waals surface area contributed by atoms with Crippen molar-refractivity contribution in [2.45, 2.75) is 31.2 Å². The molecule has 1 aromatic heterocycles. The van der Waals surface area contributed by atoms with Gasteiger partial charge in [0.05, 0.1) is 6.61 Å². The number of nitrogens with zero attached hydrogens (tertiary/aromatic N) is 1.